The zero-order valence-electron chi connectivity index (χ0n) is 17.1. The molecule has 0 spiro atoms. The molecule has 5 rings (SSSR count). The van der Waals surface area contributed by atoms with Crippen molar-refractivity contribution in [3.8, 4) is 0 Å². The van der Waals surface area contributed by atoms with Crippen molar-refractivity contribution < 1.29 is 0 Å². The highest BCUT2D eigenvalue weighted by atomic mass is 32.1. The number of benzene rings is 1. The van der Waals surface area contributed by atoms with Gasteiger partial charge in [-0.1, -0.05) is 6.92 Å². The second-order valence-corrected chi connectivity index (χ2v) is 9.67. The van der Waals surface area contributed by atoms with E-state index < -0.39 is 0 Å². The Bertz CT molecular complexity index is 1080. The van der Waals surface area contributed by atoms with Gasteiger partial charge in [0.15, 0.2) is 0 Å². The topological polar surface area (TPSA) is 61.0 Å². The van der Waals surface area contributed by atoms with Gasteiger partial charge in [-0.25, -0.2) is 4.98 Å². The van der Waals surface area contributed by atoms with E-state index in [4.69, 9.17) is 4.98 Å². The second kappa shape index (κ2) is 7.48. The molecular weight excluding hydrogens is 380 g/mol. The maximum atomic E-state index is 12.8. The van der Waals surface area contributed by atoms with Gasteiger partial charge in [-0.2, -0.15) is 0 Å². The first-order valence-electron chi connectivity index (χ1n) is 10.7. The summed E-state index contributed by atoms with van der Waals surface area (Å²) in [5.74, 6) is 1.40. The molecule has 2 N–H and O–H groups in total. The summed E-state index contributed by atoms with van der Waals surface area (Å²) in [4.78, 5) is 25.4. The number of anilines is 2. The molecule has 0 saturated carbocycles. The first kappa shape index (κ1) is 18.7. The number of rotatable bonds is 4. The summed E-state index contributed by atoms with van der Waals surface area (Å²) in [5, 5.41) is 4.31. The molecule has 5 nitrogen and oxygen atoms in total. The normalized spacial score (nSPS) is 20.1. The minimum absolute atomic E-state index is 0.00934. The van der Waals surface area contributed by atoms with Crippen LogP contribution in [0.15, 0.2) is 29.1 Å². The van der Waals surface area contributed by atoms with Crippen molar-refractivity contribution in [3.05, 3.63) is 50.9 Å². The Hall–Kier alpha value is -2.34. The average Bonchev–Trinajstić information content (AvgIpc) is 3.36. The molecule has 6 heteroatoms. The molecule has 0 unspecified atom stereocenters. The van der Waals surface area contributed by atoms with Crippen molar-refractivity contribution in [3.63, 3.8) is 0 Å². The van der Waals surface area contributed by atoms with E-state index in [1.54, 1.807) is 11.3 Å². The Morgan fingerprint density at radius 3 is 2.76 bits per heavy atom. The molecule has 3 heterocycles. The SMILES string of the molecule is C[C@@H]1CCc2c(sc3nc([C@@H](C)Nc4ccc(N5CCCC5)cc4)[nH]c(=O)c23)C1. The van der Waals surface area contributed by atoms with Gasteiger partial charge in [0, 0.05) is 29.3 Å². The van der Waals surface area contributed by atoms with Crippen molar-refractivity contribution in [2.24, 2.45) is 5.92 Å². The molecule has 2 aliphatic rings. The van der Waals surface area contributed by atoms with Gasteiger partial charge in [-0.15, -0.1) is 11.3 Å². The van der Waals surface area contributed by atoms with Crippen LogP contribution in [-0.2, 0) is 12.8 Å². The summed E-state index contributed by atoms with van der Waals surface area (Å²) in [5.41, 5.74) is 3.58. The molecule has 1 aliphatic heterocycles. The summed E-state index contributed by atoms with van der Waals surface area (Å²) >= 11 is 1.71. The fourth-order valence-electron chi connectivity index (χ4n) is 4.63. The first-order valence-corrected chi connectivity index (χ1v) is 11.6. The third-order valence-corrected chi connectivity index (χ3v) is 7.46. The lowest BCUT2D eigenvalue weighted by atomic mass is 9.89. The molecule has 2 atom stereocenters. The predicted molar refractivity (Wildman–Crippen MR) is 121 cm³/mol. The Labute approximate surface area is 175 Å². The van der Waals surface area contributed by atoms with E-state index in [9.17, 15) is 4.79 Å². The van der Waals surface area contributed by atoms with Crippen LogP contribution in [0.3, 0.4) is 0 Å². The molecule has 29 heavy (non-hydrogen) atoms. The van der Waals surface area contributed by atoms with E-state index in [1.165, 1.54) is 29.0 Å². The lowest BCUT2D eigenvalue weighted by Crippen LogP contribution is -2.19. The van der Waals surface area contributed by atoms with Gasteiger partial charge in [0.1, 0.15) is 10.7 Å². The van der Waals surface area contributed by atoms with Crippen molar-refractivity contribution >= 4 is 32.9 Å². The van der Waals surface area contributed by atoms with Crippen LogP contribution in [0.1, 0.15) is 55.4 Å². The first-order chi connectivity index (χ1) is 14.1. The highest BCUT2D eigenvalue weighted by molar-refractivity contribution is 7.18. The molecule has 1 aliphatic carbocycles. The van der Waals surface area contributed by atoms with Crippen molar-refractivity contribution in [1.82, 2.24) is 9.97 Å². The van der Waals surface area contributed by atoms with Crippen molar-refractivity contribution in [1.29, 1.82) is 0 Å². The molecule has 152 valence electrons. The summed E-state index contributed by atoms with van der Waals surface area (Å²) in [6, 6.07) is 8.52. The zero-order chi connectivity index (χ0) is 20.0. The standard InChI is InChI=1S/C23H28N4OS/c1-14-5-10-18-19(13-14)29-23-20(18)22(28)25-21(26-23)15(2)24-16-6-8-17(9-7-16)27-11-3-4-12-27/h6-9,14-15,24H,3-5,10-13H2,1-2H3,(H,25,26,28)/t14-,15-/m1/s1. The number of fused-ring (bicyclic) bond motifs is 3. The average molecular weight is 409 g/mol. The number of hydrogen-bond donors (Lipinski definition) is 2. The predicted octanol–water partition coefficient (Wildman–Crippen LogP) is 4.88. The Balaban J connectivity index is 1.38. The van der Waals surface area contributed by atoms with E-state index in [2.05, 4.69) is 46.4 Å². The maximum absolute atomic E-state index is 12.8. The van der Waals surface area contributed by atoms with Gasteiger partial charge < -0.3 is 15.2 Å². The number of nitrogens with zero attached hydrogens (tertiary/aromatic N) is 2. The van der Waals surface area contributed by atoms with Crippen LogP contribution in [0.2, 0.25) is 0 Å². The molecule has 0 bridgehead atoms. The van der Waals surface area contributed by atoms with Gasteiger partial charge >= 0.3 is 0 Å². The molecule has 2 aromatic heterocycles. The summed E-state index contributed by atoms with van der Waals surface area (Å²) in [7, 11) is 0. The Morgan fingerprint density at radius 1 is 1.24 bits per heavy atom. The van der Waals surface area contributed by atoms with E-state index in [0.29, 0.717) is 11.7 Å². The van der Waals surface area contributed by atoms with Crippen LogP contribution in [0.4, 0.5) is 11.4 Å². The van der Waals surface area contributed by atoms with E-state index >= 15 is 0 Å². The van der Waals surface area contributed by atoms with Crippen LogP contribution in [0.5, 0.6) is 0 Å². The van der Waals surface area contributed by atoms with Gasteiger partial charge in [0.2, 0.25) is 0 Å². The number of aromatic amines is 1. The van der Waals surface area contributed by atoms with Gasteiger partial charge in [-0.3, -0.25) is 4.79 Å². The highest BCUT2D eigenvalue weighted by Gasteiger charge is 2.23. The number of nitrogens with one attached hydrogen (secondary N) is 2. The Morgan fingerprint density at radius 2 is 2.00 bits per heavy atom. The summed E-state index contributed by atoms with van der Waals surface area (Å²) < 4.78 is 0. The van der Waals surface area contributed by atoms with Crippen LogP contribution < -0.4 is 15.8 Å². The molecule has 0 amide bonds. The smallest absolute Gasteiger partial charge is 0.259 e. The third kappa shape index (κ3) is 3.54. The number of aryl methyl sites for hydroxylation is 1. The third-order valence-electron chi connectivity index (χ3n) is 6.32. The molecule has 1 fully saturated rings. The number of aromatic nitrogens is 2. The van der Waals surface area contributed by atoms with Crippen LogP contribution >= 0.6 is 11.3 Å². The van der Waals surface area contributed by atoms with Crippen LogP contribution in [-0.4, -0.2) is 23.1 Å². The van der Waals surface area contributed by atoms with Crippen molar-refractivity contribution in [2.45, 2.75) is 52.0 Å². The fourth-order valence-corrected chi connectivity index (χ4v) is 6.02. The maximum Gasteiger partial charge on any atom is 0.259 e. The van der Waals surface area contributed by atoms with E-state index in [-0.39, 0.29) is 11.6 Å². The molecular formula is C23H28N4OS. The van der Waals surface area contributed by atoms with Gasteiger partial charge in [0.05, 0.1) is 11.4 Å². The number of H-pyrrole nitrogens is 1. The molecule has 3 aromatic rings. The van der Waals surface area contributed by atoms with Crippen LogP contribution in [0, 0.1) is 5.92 Å². The van der Waals surface area contributed by atoms with Crippen molar-refractivity contribution in [2.75, 3.05) is 23.3 Å². The molecule has 1 saturated heterocycles. The molecule has 1 aromatic carbocycles. The second-order valence-electron chi connectivity index (χ2n) is 8.59. The zero-order valence-corrected chi connectivity index (χ0v) is 17.9. The summed E-state index contributed by atoms with van der Waals surface area (Å²) in [6.07, 6.45) is 5.79. The minimum Gasteiger partial charge on any atom is -0.375 e. The van der Waals surface area contributed by atoms with E-state index in [0.717, 1.165) is 48.3 Å². The minimum atomic E-state index is -0.0669. The number of thiophene rings is 1. The van der Waals surface area contributed by atoms with Gasteiger partial charge in [-0.05, 0) is 74.8 Å². The quantitative estimate of drug-likeness (QED) is 0.646. The largest absolute Gasteiger partial charge is 0.375 e. The summed E-state index contributed by atoms with van der Waals surface area (Å²) in [6.45, 7) is 6.64. The lowest BCUT2D eigenvalue weighted by molar-refractivity contribution is 0.509. The van der Waals surface area contributed by atoms with E-state index in [1.807, 2.05) is 6.92 Å². The Kier molecular flexibility index (Phi) is 4.82. The molecule has 0 radical (unpaired) electrons. The number of hydrogen-bond acceptors (Lipinski definition) is 5. The fraction of sp³-hybridized carbons (Fsp3) is 0.478. The van der Waals surface area contributed by atoms with Gasteiger partial charge in [0.25, 0.3) is 5.56 Å². The highest BCUT2D eigenvalue weighted by Crippen LogP contribution is 2.36. The monoisotopic (exact) mass is 408 g/mol. The van der Waals surface area contributed by atoms with Crippen LogP contribution in [0.25, 0.3) is 10.2 Å². The lowest BCUT2D eigenvalue weighted by Gasteiger charge is -2.19.